The first-order chi connectivity index (χ1) is 14.7. The van der Waals surface area contributed by atoms with Crippen molar-refractivity contribution in [2.45, 2.75) is 25.9 Å². The number of thiophene rings is 1. The van der Waals surface area contributed by atoms with Gasteiger partial charge in [0, 0.05) is 13.1 Å². The Kier molecular flexibility index (Phi) is 5.09. The lowest BCUT2D eigenvalue weighted by atomic mass is 10.3. The van der Waals surface area contributed by atoms with Gasteiger partial charge in [-0.15, -0.1) is 11.3 Å². The maximum absolute atomic E-state index is 13.1. The molecule has 5 heterocycles. The molecule has 1 N–H and O–H groups in total. The number of nitrogens with one attached hydrogen (secondary N) is 1. The van der Waals surface area contributed by atoms with Crippen LogP contribution >= 0.6 is 22.7 Å². The van der Waals surface area contributed by atoms with E-state index in [0.717, 1.165) is 40.6 Å². The summed E-state index contributed by atoms with van der Waals surface area (Å²) in [5.74, 6) is 0.334. The number of furan rings is 1. The summed E-state index contributed by atoms with van der Waals surface area (Å²) in [6.45, 7) is 1.98. The quantitative estimate of drug-likeness (QED) is 0.494. The molecule has 0 aliphatic carbocycles. The number of amides is 1. The zero-order valence-electron chi connectivity index (χ0n) is 16.0. The van der Waals surface area contributed by atoms with Crippen LogP contribution in [0.4, 0.5) is 5.13 Å². The number of hydrogen-bond acceptors (Lipinski definition) is 8. The topological polar surface area (TPSA) is 93.3 Å². The first-order valence-corrected chi connectivity index (χ1v) is 11.4. The molecule has 154 valence electrons. The summed E-state index contributed by atoms with van der Waals surface area (Å²) in [5.41, 5.74) is 0.723. The van der Waals surface area contributed by atoms with Crippen molar-refractivity contribution in [2.75, 3.05) is 18.0 Å². The summed E-state index contributed by atoms with van der Waals surface area (Å²) in [5, 5.41) is 10.1. The maximum Gasteiger partial charge on any atom is 0.294 e. The lowest BCUT2D eigenvalue weighted by molar-refractivity contribution is -0.122. The fourth-order valence-electron chi connectivity index (χ4n) is 3.46. The summed E-state index contributed by atoms with van der Waals surface area (Å²) in [6, 6.07) is 7.45. The molecule has 1 fully saturated rings. The molecule has 0 aromatic carbocycles. The van der Waals surface area contributed by atoms with E-state index in [4.69, 9.17) is 4.42 Å². The standard InChI is InChI=1S/C20H19N5O3S2/c26-15(21-11-13-5-3-9-28-13)12-25-19(27)17-18(16(23-25)14-6-4-10-29-14)30-20(22-17)24-7-1-2-8-24/h3-6,9-10H,1-2,7-8,11-12H2,(H,21,26). The third-order valence-electron chi connectivity index (χ3n) is 4.95. The SMILES string of the molecule is O=C(Cn1nc(-c2cccs2)c2sc(N3CCCC3)nc2c1=O)NCc1ccco1. The highest BCUT2D eigenvalue weighted by Gasteiger charge is 2.22. The van der Waals surface area contributed by atoms with Gasteiger partial charge in [-0.3, -0.25) is 9.59 Å². The average molecular weight is 442 g/mol. The normalized spacial score (nSPS) is 13.9. The van der Waals surface area contributed by atoms with Crippen LogP contribution in [0.25, 0.3) is 20.8 Å². The maximum atomic E-state index is 13.1. The zero-order valence-corrected chi connectivity index (χ0v) is 17.7. The molecule has 0 spiro atoms. The smallest absolute Gasteiger partial charge is 0.294 e. The number of thiazole rings is 1. The van der Waals surface area contributed by atoms with Crippen LogP contribution in [0.15, 0.2) is 45.1 Å². The van der Waals surface area contributed by atoms with Crippen LogP contribution in [-0.2, 0) is 17.9 Å². The Labute approximate surface area is 179 Å². The van der Waals surface area contributed by atoms with Crippen LogP contribution in [0.2, 0.25) is 0 Å². The third-order valence-corrected chi connectivity index (χ3v) is 6.95. The molecule has 5 rings (SSSR count). The zero-order chi connectivity index (χ0) is 20.5. The Morgan fingerprint density at radius 1 is 1.23 bits per heavy atom. The van der Waals surface area contributed by atoms with Crippen LogP contribution in [0.1, 0.15) is 18.6 Å². The van der Waals surface area contributed by atoms with Gasteiger partial charge in [-0.05, 0) is 36.4 Å². The van der Waals surface area contributed by atoms with Gasteiger partial charge in [0.25, 0.3) is 5.56 Å². The van der Waals surface area contributed by atoms with Gasteiger partial charge in [-0.1, -0.05) is 17.4 Å². The molecule has 0 unspecified atom stereocenters. The number of nitrogens with zero attached hydrogens (tertiary/aromatic N) is 4. The summed E-state index contributed by atoms with van der Waals surface area (Å²) in [6.07, 6.45) is 3.81. The monoisotopic (exact) mass is 441 g/mol. The molecule has 30 heavy (non-hydrogen) atoms. The molecule has 0 radical (unpaired) electrons. The molecule has 1 aliphatic rings. The minimum atomic E-state index is -0.347. The lowest BCUT2D eigenvalue weighted by Gasteiger charge is -2.11. The largest absolute Gasteiger partial charge is 0.467 e. The molecule has 0 atom stereocenters. The third kappa shape index (κ3) is 3.63. The van der Waals surface area contributed by atoms with E-state index >= 15 is 0 Å². The van der Waals surface area contributed by atoms with Crippen molar-refractivity contribution in [3.63, 3.8) is 0 Å². The Morgan fingerprint density at radius 2 is 2.10 bits per heavy atom. The van der Waals surface area contributed by atoms with Gasteiger partial charge in [0.2, 0.25) is 5.91 Å². The first kappa shape index (κ1) is 19.0. The van der Waals surface area contributed by atoms with E-state index in [1.165, 1.54) is 16.0 Å². The van der Waals surface area contributed by atoms with Gasteiger partial charge >= 0.3 is 0 Å². The van der Waals surface area contributed by atoms with E-state index in [0.29, 0.717) is 17.0 Å². The van der Waals surface area contributed by atoms with Crippen molar-refractivity contribution in [3.8, 4) is 10.6 Å². The van der Waals surface area contributed by atoms with Crippen molar-refractivity contribution in [1.82, 2.24) is 20.1 Å². The molecule has 0 saturated carbocycles. The minimum absolute atomic E-state index is 0.176. The molecular weight excluding hydrogens is 422 g/mol. The van der Waals surface area contributed by atoms with Crippen molar-refractivity contribution in [3.05, 3.63) is 52.0 Å². The fourth-order valence-corrected chi connectivity index (χ4v) is 5.35. The second kappa shape index (κ2) is 8.04. The second-order valence-electron chi connectivity index (χ2n) is 7.01. The minimum Gasteiger partial charge on any atom is -0.467 e. The van der Waals surface area contributed by atoms with Crippen molar-refractivity contribution < 1.29 is 9.21 Å². The first-order valence-electron chi connectivity index (χ1n) is 9.68. The van der Waals surface area contributed by atoms with Crippen molar-refractivity contribution in [1.29, 1.82) is 0 Å². The van der Waals surface area contributed by atoms with Crippen molar-refractivity contribution >= 4 is 43.9 Å². The number of carbonyl (C=O) groups excluding carboxylic acids is 1. The van der Waals surface area contributed by atoms with Gasteiger partial charge < -0.3 is 14.6 Å². The Balaban J connectivity index is 1.50. The molecule has 4 aromatic heterocycles. The number of carbonyl (C=O) groups is 1. The summed E-state index contributed by atoms with van der Waals surface area (Å²) in [4.78, 5) is 33.3. The van der Waals surface area contributed by atoms with Crippen LogP contribution in [0.5, 0.6) is 0 Å². The van der Waals surface area contributed by atoms with E-state index in [1.807, 2.05) is 17.5 Å². The average Bonchev–Trinajstić information content (AvgIpc) is 3.56. The lowest BCUT2D eigenvalue weighted by Crippen LogP contribution is -2.33. The Hall–Kier alpha value is -2.98. The highest BCUT2D eigenvalue weighted by atomic mass is 32.1. The molecule has 4 aromatic rings. The van der Waals surface area contributed by atoms with Crippen molar-refractivity contribution in [2.24, 2.45) is 0 Å². The van der Waals surface area contributed by atoms with Gasteiger partial charge in [0.1, 0.15) is 18.0 Å². The summed E-state index contributed by atoms with van der Waals surface area (Å²) < 4.78 is 7.21. The van der Waals surface area contributed by atoms with Crippen LogP contribution in [0, 0.1) is 0 Å². The van der Waals surface area contributed by atoms with E-state index in [2.05, 4.69) is 20.3 Å². The summed E-state index contributed by atoms with van der Waals surface area (Å²) >= 11 is 3.05. The second-order valence-corrected chi connectivity index (χ2v) is 8.94. The number of aromatic nitrogens is 3. The van der Waals surface area contributed by atoms with Gasteiger partial charge in [-0.25, -0.2) is 9.67 Å². The van der Waals surface area contributed by atoms with Gasteiger partial charge in [0.15, 0.2) is 10.6 Å². The molecule has 10 heteroatoms. The number of fused-ring (bicyclic) bond motifs is 1. The molecule has 1 saturated heterocycles. The van der Waals surface area contributed by atoms with E-state index in [-0.39, 0.29) is 24.6 Å². The number of hydrogen-bond donors (Lipinski definition) is 1. The molecule has 8 nitrogen and oxygen atoms in total. The van der Waals surface area contributed by atoms with Gasteiger partial charge in [-0.2, -0.15) is 5.10 Å². The van der Waals surface area contributed by atoms with E-state index in [1.54, 1.807) is 29.7 Å². The predicted octanol–water partition coefficient (Wildman–Crippen LogP) is 3.09. The van der Waals surface area contributed by atoms with E-state index in [9.17, 15) is 9.59 Å². The molecule has 0 bridgehead atoms. The predicted molar refractivity (Wildman–Crippen MR) is 117 cm³/mol. The molecule has 1 aliphatic heterocycles. The van der Waals surface area contributed by atoms with Gasteiger partial charge in [0.05, 0.1) is 22.4 Å². The van der Waals surface area contributed by atoms with E-state index < -0.39 is 0 Å². The summed E-state index contributed by atoms with van der Waals surface area (Å²) in [7, 11) is 0. The number of rotatable bonds is 6. The fraction of sp³-hybridized carbons (Fsp3) is 0.300. The molecule has 1 amide bonds. The Bertz CT molecular complexity index is 1220. The highest BCUT2D eigenvalue weighted by molar-refractivity contribution is 7.23. The Morgan fingerprint density at radius 3 is 2.83 bits per heavy atom. The van der Waals surface area contributed by atoms with Crippen LogP contribution in [-0.4, -0.2) is 33.8 Å². The highest BCUT2D eigenvalue weighted by Crippen LogP contribution is 2.36. The molecular formula is C20H19N5O3S2. The van der Waals surface area contributed by atoms with Crippen LogP contribution in [0.3, 0.4) is 0 Å². The number of anilines is 1. The van der Waals surface area contributed by atoms with Crippen LogP contribution < -0.4 is 15.8 Å².